The number of allylic oxidation sites excluding steroid dienone is 2. The molecule has 1 aliphatic heterocycles. The molecule has 0 aliphatic carbocycles. The zero-order valence-electron chi connectivity index (χ0n) is 11.4. The number of aldehydes is 1. The van der Waals surface area contributed by atoms with Gasteiger partial charge in [-0.05, 0) is 52.2 Å². The summed E-state index contributed by atoms with van der Waals surface area (Å²) in [5.41, 5.74) is -0.447. The number of carbonyl (C=O) groups is 2. The Morgan fingerprint density at radius 1 is 1.44 bits per heavy atom. The van der Waals surface area contributed by atoms with Gasteiger partial charge >= 0.3 is 5.97 Å². The van der Waals surface area contributed by atoms with Gasteiger partial charge in [-0.15, -0.1) is 0 Å². The number of nitrogens with one attached hydrogen (secondary N) is 1. The third-order valence-electron chi connectivity index (χ3n) is 2.99. The van der Waals surface area contributed by atoms with Gasteiger partial charge in [-0.3, -0.25) is 9.59 Å². The third kappa shape index (κ3) is 5.00. The number of hydrogen-bond acceptors (Lipinski definition) is 4. The van der Waals surface area contributed by atoms with E-state index in [1.807, 2.05) is 26.8 Å². The van der Waals surface area contributed by atoms with Crippen molar-refractivity contribution in [2.45, 2.75) is 39.2 Å². The molecule has 4 heteroatoms. The van der Waals surface area contributed by atoms with Crippen LogP contribution >= 0.6 is 0 Å². The molecular formula is C14H23NO3. The van der Waals surface area contributed by atoms with E-state index in [0.29, 0.717) is 6.54 Å². The van der Waals surface area contributed by atoms with Crippen LogP contribution in [0.3, 0.4) is 0 Å². The van der Waals surface area contributed by atoms with Crippen LogP contribution in [0.25, 0.3) is 0 Å². The van der Waals surface area contributed by atoms with Crippen LogP contribution < -0.4 is 5.32 Å². The number of hydrogen-bond donors (Lipinski definition) is 1. The van der Waals surface area contributed by atoms with Crippen LogP contribution in [0.15, 0.2) is 12.2 Å². The maximum atomic E-state index is 12.1. The quantitative estimate of drug-likeness (QED) is 0.471. The predicted octanol–water partition coefficient (Wildman–Crippen LogP) is 1.70. The molecule has 0 amide bonds. The molecule has 0 radical (unpaired) electrons. The summed E-state index contributed by atoms with van der Waals surface area (Å²) in [5, 5.41) is 3.23. The largest absolute Gasteiger partial charge is 0.460 e. The lowest BCUT2D eigenvalue weighted by atomic mass is 9.84. The minimum atomic E-state index is -0.447. The fourth-order valence-electron chi connectivity index (χ4n) is 2.16. The zero-order chi connectivity index (χ0) is 13.6. The minimum absolute atomic E-state index is 0.116. The lowest BCUT2D eigenvalue weighted by molar-refractivity contribution is -0.162. The van der Waals surface area contributed by atoms with E-state index < -0.39 is 5.60 Å². The molecule has 2 atom stereocenters. The molecule has 1 saturated heterocycles. The van der Waals surface area contributed by atoms with Crippen molar-refractivity contribution in [3.8, 4) is 0 Å². The van der Waals surface area contributed by atoms with E-state index in [9.17, 15) is 9.59 Å². The molecule has 0 spiro atoms. The van der Waals surface area contributed by atoms with Gasteiger partial charge in [0, 0.05) is 6.54 Å². The van der Waals surface area contributed by atoms with Crippen LogP contribution in [0.2, 0.25) is 0 Å². The summed E-state index contributed by atoms with van der Waals surface area (Å²) in [6, 6.07) is 0. The van der Waals surface area contributed by atoms with Gasteiger partial charge in [0.15, 0.2) is 0 Å². The summed E-state index contributed by atoms with van der Waals surface area (Å²) >= 11 is 0. The van der Waals surface area contributed by atoms with Gasteiger partial charge in [0.1, 0.15) is 11.9 Å². The SMILES string of the molecule is CC(C)(C)OC(=O)C1CNCCC1CC=CC=O. The van der Waals surface area contributed by atoms with E-state index in [0.717, 1.165) is 25.7 Å². The average Bonchev–Trinajstić information content (AvgIpc) is 2.27. The van der Waals surface area contributed by atoms with Gasteiger partial charge in [-0.25, -0.2) is 0 Å². The van der Waals surface area contributed by atoms with Crippen molar-refractivity contribution in [2.24, 2.45) is 11.8 Å². The van der Waals surface area contributed by atoms with Gasteiger partial charge < -0.3 is 10.1 Å². The lowest BCUT2D eigenvalue weighted by Crippen LogP contribution is -2.43. The average molecular weight is 253 g/mol. The zero-order valence-corrected chi connectivity index (χ0v) is 11.4. The molecule has 0 aromatic carbocycles. The van der Waals surface area contributed by atoms with Crippen molar-refractivity contribution in [1.82, 2.24) is 5.32 Å². The molecule has 1 aliphatic rings. The Morgan fingerprint density at radius 3 is 2.78 bits per heavy atom. The second-order valence-electron chi connectivity index (χ2n) is 5.69. The molecule has 102 valence electrons. The van der Waals surface area contributed by atoms with Gasteiger partial charge in [-0.1, -0.05) is 6.08 Å². The summed E-state index contributed by atoms with van der Waals surface area (Å²) in [7, 11) is 0. The van der Waals surface area contributed by atoms with E-state index in [1.165, 1.54) is 6.08 Å². The van der Waals surface area contributed by atoms with Crippen molar-refractivity contribution < 1.29 is 14.3 Å². The standard InChI is InChI=1S/C14H23NO3/c1-14(2,3)18-13(17)12-10-15-8-7-11(12)6-4-5-9-16/h4-5,9,11-12,15H,6-8,10H2,1-3H3. The van der Waals surface area contributed by atoms with Gasteiger partial charge in [0.2, 0.25) is 0 Å². The van der Waals surface area contributed by atoms with E-state index >= 15 is 0 Å². The van der Waals surface area contributed by atoms with Gasteiger partial charge in [0.05, 0.1) is 5.92 Å². The van der Waals surface area contributed by atoms with E-state index in [4.69, 9.17) is 4.74 Å². The summed E-state index contributed by atoms with van der Waals surface area (Å²) in [6.07, 6.45) is 5.79. The Labute approximate surface area is 109 Å². The Bertz CT molecular complexity index is 317. The fourth-order valence-corrected chi connectivity index (χ4v) is 2.16. The fraction of sp³-hybridized carbons (Fsp3) is 0.714. The molecule has 2 unspecified atom stereocenters. The third-order valence-corrected chi connectivity index (χ3v) is 2.99. The first kappa shape index (κ1) is 14.9. The molecule has 0 saturated carbocycles. The van der Waals surface area contributed by atoms with Crippen molar-refractivity contribution in [1.29, 1.82) is 0 Å². The molecule has 1 fully saturated rings. The highest BCUT2D eigenvalue weighted by molar-refractivity contribution is 5.73. The number of piperidine rings is 1. The highest BCUT2D eigenvalue weighted by Gasteiger charge is 2.33. The summed E-state index contributed by atoms with van der Waals surface area (Å²) in [6.45, 7) is 7.21. The first-order valence-electron chi connectivity index (χ1n) is 6.48. The van der Waals surface area contributed by atoms with Crippen molar-refractivity contribution in [3.63, 3.8) is 0 Å². The Kier molecular flexibility index (Phi) is 5.54. The maximum absolute atomic E-state index is 12.1. The molecule has 0 aromatic heterocycles. The molecule has 1 N–H and O–H groups in total. The lowest BCUT2D eigenvalue weighted by Gasteiger charge is -2.32. The van der Waals surface area contributed by atoms with Crippen molar-refractivity contribution in [3.05, 3.63) is 12.2 Å². The first-order chi connectivity index (χ1) is 8.44. The molecule has 18 heavy (non-hydrogen) atoms. The van der Waals surface area contributed by atoms with Crippen LogP contribution in [-0.2, 0) is 14.3 Å². The molecule has 0 aromatic rings. The Morgan fingerprint density at radius 2 is 2.17 bits per heavy atom. The van der Waals surface area contributed by atoms with E-state index in [1.54, 1.807) is 0 Å². The molecule has 0 bridgehead atoms. The van der Waals surface area contributed by atoms with E-state index in [2.05, 4.69) is 5.32 Å². The number of carbonyl (C=O) groups excluding carboxylic acids is 2. The van der Waals surface area contributed by atoms with Crippen LogP contribution in [0.4, 0.5) is 0 Å². The van der Waals surface area contributed by atoms with Crippen LogP contribution in [0, 0.1) is 11.8 Å². The van der Waals surface area contributed by atoms with Gasteiger partial charge in [0.25, 0.3) is 0 Å². The maximum Gasteiger partial charge on any atom is 0.311 e. The number of rotatable bonds is 4. The summed E-state index contributed by atoms with van der Waals surface area (Å²) < 4.78 is 5.44. The minimum Gasteiger partial charge on any atom is -0.460 e. The second kappa shape index (κ2) is 6.69. The Hall–Kier alpha value is -1.16. The van der Waals surface area contributed by atoms with E-state index in [-0.39, 0.29) is 17.8 Å². The van der Waals surface area contributed by atoms with Crippen LogP contribution in [0.1, 0.15) is 33.6 Å². The number of ether oxygens (including phenoxy) is 1. The topological polar surface area (TPSA) is 55.4 Å². The van der Waals surface area contributed by atoms with Crippen LogP contribution in [0.5, 0.6) is 0 Å². The highest BCUT2D eigenvalue weighted by atomic mass is 16.6. The van der Waals surface area contributed by atoms with Gasteiger partial charge in [-0.2, -0.15) is 0 Å². The normalized spacial score (nSPS) is 25.1. The molecule has 1 rings (SSSR count). The summed E-state index contributed by atoms with van der Waals surface area (Å²) in [4.78, 5) is 22.4. The summed E-state index contributed by atoms with van der Waals surface area (Å²) in [5.74, 6) is 0.00535. The molecular weight excluding hydrogens is 230 g/mol. The predicted molar refractivity (Wildman–Crippen MR) is 70.1 cm³/mol. The van der Waals surface area contributed by atoms with Crippen molar-refractivity contribution >= 4 is 12.3 Å². The number of esters is 1. The van der Waals surface area contributed by atoms with Crippen LogP contribution in [-0.4, -0.2) is 30.9 Å². The molecule has 4 nitrogen and oxygen atoms in total. The smallest absolute Gasteiger partial charge is 0.311 e. The van der Waals surface area contributed by atoms with Crippen molar-refractivity contribution in [2.75, 3.05) is 13.1 Å². The highest BCUT2D eigenvalue weighted by Crippen LogP contribution is 2.26. The monoisotopic (exact) mass is 253 g/mol. The first-order valence-corrected chi connectivity index (χ1v) is 6.48. The molecule has 1 heterocycles. The second-order valence-corrected chi connectivity index (χ2v) is 5.69. The Balaban J connectivity index is 2.61.